The average molecular weight is 259 g/mol. The number of aromatic nitrogens is 1. The highest BCUT2D eigenvalue weighted by atomic mass is 35.5. The van der Waals surface area contributed by atoms with E-state index < -0.39 is 0 Å². The summed E-state index contributed by atoms with van der Waals surface area (Å²) in [4.78, 5) is 15.2. The lowest BCUT2D eigenvalue weighted by Crippen LogP contribution is -2.30. The largest absolute Gasteiger partial charge is 0.481 e. The number of pyridine rings is 1. The van der Waals surface area contributed by atoms with Gasteiger partial charge in [0.1, 0.15) is 0 Å². The molecule has 1 rings (SSSR count). The molecule has 1 N–H and O–H groups in total. The van der Waals surface area contributed by atoms with Gasteiger partial charge in [0.2, 0.25) is 0 Å². The van der Waals surface area contributed by atoms with E-state index in [1.165, 1.54) is 0 Å². The number of rotatable bonds is 7. The van der Waals surface area contributed by atoms with Crippen LogP contribution in [-0.2, 0) is 9.53 Å². The summed E-state index contributed by atoms with van der Waals surface area (Å²) in [6.07, 6.45) is 2.33. The van der Waals surface area contributed by atoms with Crippen LogP contribution in [0.25, 0.3) is 0 Å². The van der Waals surface area contributed by atoms with Gasteiger partial charge in [-0.15, -0.1) is 0 Å². The Labute approximate surface area is 105 Å². The second-order valence-corrected chi connectivity index (χ2v) is 3.64. The Morgan fingerprint density at radius 3 is 3.12 bits per heavy atom. The summed E-state index contributed by atoms with van der Waals surface area (Å²) < 4.78 is 10.1. The fourth-order valence-corrected chi connectivity index (χ4v) is 1.29. The minimum absolute atomic E-state index is 0.0710. The number of hydrogen-bond donors (Lipinski definition) is 1. The molecule has 1 amide bonds. The maximum Gasteiger partial charge on any atom is 0.257 e. The maximum atomic E-state index is 11.4. The number of hydrogen-bond acceptors (Lipinski definition) is 4. The molecule has 0 aromatic carbocycles. The Hall–Kier alpha value is -1.33. The summed E-state index contributed by atoms with van der Waals surface area (Å²) in [6.45, 7) is 1.12. The van der Waals surface area contributed by atoms with Crippen molar-refractivity contribution in [2.24, 2.45) is 0 Å². The second kappa shape index (κ2) is 7.86. The molecule has 17 heavy (non-hydrogen) atoms. The van der Waals surface area contributed by atoms with Gasteiger partial charge in [-0.25, -0.2) is 4.98 Å². The van der Waals surface area contributed by atoms with Gasteiger partial charge in [0.25, 0.3) is 5.91 Å². The third kappa shape index (κ3) is 5.51. The first-order valence-corrected chi connectivity index (χ1v) is 5.61. The number of nitrogens with one attached hydrogen (secondary N) is 1. The van der Waals surface area contributed by atoms with Crippen molar-refractivity contribution < 1.29 is 14.3 Å². The molecule has 0 aliphatic rings. The molecule has 5 nitrogen and oxygen atoms in total. The number of carbonyl (C=O) groups excluding carboxylic acids is 1. The second-order valence-electron chi connectivity index (χ2n) is 3.28. The van der Waals surface area contributed by atoms with Crippen LogP contribution < -0.4 is 10.1 Å². The molecule has 1 aromatic heterocycles. The number of ether oxygens (including phenoxy) is 2. The predicted molar refractivity (Wildman–Crippen MR) is 64.2 cm³/mol. The van der Waals surface area contributed by atoms with Gasteiger partial charge < -0.3 is 14.8 Å². The highest BCUT2D eigenvalue weighted by molar-refractivity contribution is 6.30. The van der Waals surface area contributed by atoms with E-state index in [4.69, 9.17) is 21.1 Å². The van der Waals surface area contributed by atoms with Crippen LogP contribution in [0.1, 0.15) is 6.42 Å². The van der Waals surface area contributed by atoms with E-state index in [1.54, 1.807) is 25.4 Å². The van der Waals surface area contributed by atoms with E-state index in [-0.39, 0.29) is 17.7 Å². The molecule has 0 saturated heterocycles. The Bertz CT molecular complexity index is 360. The molecule has 0 radical (unpaired) electrons. The fraction of sp³-hybridized carbons (Fsp3) is 0.455. The highest BCUT2D eigenvalue weighted by Gasteiger charge is 2.05. The van der Waals surface area contributed by atoms with Gasteiger partial charge >= 0.3 is 0 Å². The zero-order valence-electron chi connectivity index (χ0n) is 9.61. The normalized spacial score (nSPS) is 10.0. The third-order valence-electron chi connectivity index (χ3n) is 1.93. The standard InChI is InChI=1S/C11H15ClN2O3/c1-16-7-3-6-13-10(15)8-17-9-4-2-5-14-11(9)12/h2,4-5H,3,6-8H2,1H3,(H,13,15). The van der Waals surface area contributed by atoms with Crippen molar-refractivity contribution >= 4 is 17.5 Å². The molecule has 0 spiro atoms. The molecule has 94 valence electrons. The van der Waals surface area contributed by atoms with E-state index in [1.807, 2.05) is 0 Å². The monoisotopic (exact) mass is 258 g/mol. The van der Waals surface area contributed by atoms with Crippen LogP contribution in [0.5, 0.6) is 5.75 Å². The number of amides is 1. The van der Waals surface area contributed by atoms with Gasteiger partial charge in [-0.2, -0.15) is 0 Å². The molecule has 6 heteroatoms. The highest BCUT2D eigenvalue weighted by Crippen LogP contribution is 2.19. The molecule has 0 aliphatic heterocycles. The average Bonchev–Trinajstić information content (AvgIpc) is 2.34. The molecule has 0 bridgehead atoms. The van der Waals surface area contributed by atoms with Crippen LogP contribution >= 0.6 is 11.6 Å². The van der Waals surface area contributed by atoms with Crippen molar-refractivity contribution in [1.82, 2.24) is 10.3 Å². The Morgan fingerprint density at radius 2 is 2.41 bits per heavy atom. The van der Waals surface area contributed by atoms with Crippen LogP contribution in [0.4, 0.5) is 0 Å². The smallest absolute Gasteiger partial charge is 0.257 e. The zero-order valence-corrected chi connectivity index (χ0v) is 10.4. The molecule has 0 saturated carbocycles. The van der Waals surface area contributed by atoms with Gasteiger partial charge in [-0.3, -0.25) is 4.79 Å². The number of halogens is 1. The van der Waals surface area contributed by atoms with Crippen molar-refractivity contribution in [2.45, 2.75) is 6.42 Å². The van der Waals surface area contributed by atoms with Gasteiger partial charge in [0.05, 0.1) is 0 Å². The number of carbonyl (C=O) groups is 1. The maximum absolute atomic E-state index is 11.4. The van der Waals surface area contributed by atoms with Crippen molar-refractivity contribution in [3.05, 3.63) is 23.5 Å². The van der Waals surface area contributed by atoms with E-state index in [0.717, 1.165) is 6.42 Å². The molecular formula is C11H15ClN2O3. The molecule has 0 aliphatic carbocycles. The number of nitrogens with zero attached hydrogens (tertiary/aromatic N) is 1. The van der Waals surface area contributed by atoms with Crippen molar-refractivity contribution in [1.29, 1.82) is 0 Å². The fourth-order valence-electron chi connectivity index (χ4n) is 1.12. The summed E-state index contributed by atoms with van der Waals surface area (Å²) in [6, 6.07) is 3.35. The minimum atomic E-state index is -0.193. The molecule has 0 atom stereocenters. The first-order valence-electron chi connectivity index (χ1n) is 5.23. The molecular weight excluding hydrogens is 244 g/mol. The lowest BCUT2D eigenvalue weighted by atomic mass is 10.4. The summed E-state index contributed by atoms with van der Waals surface area (Å²) in [5.41, 5.74) is 0. The first-order chi connectivity index (χ1) is 8.24. The minimum Gasteiger partial charge on any atom is -0.481 e. The lowest BCUT2D eigenvalue weighted by molar-refractivity contribution is -0.123. The summed E-state index contributed by atoms with van der Waals surface area (Å²) in [7, 11) is 1.62. The Morgan fingerprint density at radius 1 is 1.59 bits per heavy atom. The van der Waals surface area contributed by atoms with E-state index in [9.17, 15) is 4.79 Å². The predicted octanol–water partition coefficient (Wildman–Crippen LogP) is 1.27. The van der Waals surface area contributed by atoms with Crippen LogP contribution in [0, 0.1) is 0 Å². The van der Waals surface area contributed by atoms with Crippen molar-refractivity contribution in [3.8, 4) is 5.75 Å². The van der Waals surface area contributed by atoms with Gasteiger partial charge in [-0.05, 0) is 18.6 Å². The topological polar surface area (TPSA) is 60.5 Å². The van der Waals surface area contributed by atoms with Crippen LogP contribution in [0.2, 0.25) is 5.15 Å². The molecule has 1 heterocycles. The third-order valence-corrected chi connectivity index (χ3v) is 2.21. The number of methoxy groups -OCH3 is 1. The van der Waals surface area contributed by atoms with E-state index >= 15 is 0 Å². The van der Waals surface area contributed by atoms with Gasteiger partial charge in [0, 0.05) is 26.5 Å². The summed E-state index contributed by atoms with van der Waals surface area (Å²) >= 11 is 5.77. The summed E-state index contributed by atoms with van der Waals surface area (Å²) in [5, 5.41) is 2.95. The Balaban J connectivity index is 2.22. The van der Waals surface area contributed by atoms with Crippen LogP contribution in [0.3, 0.4) is 0 Å². The molecule has 1 aromatic rings. The van der Waals surface area contributed by atoms with Crippen LogP contribution in [0.15, 0.2) is 18.3 Å². The Kier molecular flexibility index (Phi) is 6.35. The lowest BCUT2D eigenvalue weighted by Gasteiger charge is -2.07. The first kappa shape index (κ1) is 13.7. The SMILES string of the molecule is COCCCNC(=O)COc1cccnc1Cl. The van der Waals surface area contributed by atoms with Crippen LogP contribution in [-0.4, -0.2) is 37.8 Å². The summed E-state index contributed by atoms with van der Waals surface area (Å²) in [5.74, 6) is 0.210. The van der Waals surface area contributed by atoms with Crippen molar-refractivity contribution in [2.75, 3.05) is 26.9 Å². The van der Waals surface area contributed by atoms with E-state index in [0.29, 0.717) is 18.9 Å². The molecule has 0 fully saturated rings. The van der Waals surface area contributed by atoms with Gasteiger partial charge in [0.15, 0.2) is 17.5 Å². The zero-order chi connectivity index (χ0) is 12.5. The van der Waals surface area contributed by atoms with E-state index in [2.05, 4.69) is 10.3 Å². The van der Waals surface area contributed by atoms with Crippen molar-refractivity contribution in [3.63, 3.8) is 0 Å². The van der Waals surface area contributed by atoms with Gasteiger partial charge in [-0.1, -0.05) is 11.6 Å². The molecule has 0 unspecified atom stereocenters. The quantitative estimate of drug-likeness (QED) is 0.591.